The minimum atomic E-state index is -0.500. The summed E-state index contributed by atoms with van der Waals surface area (Å²) < 4.78 is 6.95. The lowest BCUT2D eigenvalue weighted by atomic mass is 9.88. The predicted molar refractivity (Wildman–Crippen MR) is 142 cm³/mol. The summed E-state index contributed by atoms with van der Waals surface area (Å²) in [5.74, 6) is -0.281. The van der Waals surface area contributed by atoms with E-state index in [0.717, 1.165) is 50.7 Å². The van der Waals surface area contributed by atoms with E-state index in [1.165, 1.54) is 7.11 Å². The summed E-state index contributed by atoms with van der Waals surface area (Å²) in [6.07, 6.45) is 1.10. The molecule has 34 heavy (non-hydrogen) atoms. The number of hydrogen-bond donors (Lipinski definition) is 1. The summed E-state index contributed by atoms with van der Waals surface area (Å²) in [6.45, 7) is 15.6. The summed E-state index contributed by atoms with van der Waals surface area (Å²) >= 11 is 6.07. The Labute approximate surface area is 208 Å². The highest BCUT2D eigenvalue weighted by Crippen LogP contribution is 2.39. The molecule has 2 aromatic carbocycles. The maximum atomic E-state index is 12.1. The van der Waals surface area contributed by atoms with Crippen molar-refractivity contribution < 1.29 is 19.4 Å². The van der Waals surface area contributed by atoms with E-state index < -0.39 is 5.60 Å². The summed E-state index contributed by atoms with van der Waals surface area (Å²) in [5, 5.41) is 10.2. The zero-order valence-electron chi connectivity index (χ0n) is 21.9. The molecule has 5 nitrogen and oxygen atoms in total. The number of halogens is 1. The number of hydrogen-bond acceptors (Lipinski definition) is 4. The Bertz CT molecular complexity index is 1120. The van der Waals surface area contributed by atoms with Crippen LogP contribution in [0.5, 0.6) is 0 Å². The van der Waals surface area contributed by atoms with Crippen molar-refractivity contribution in [1.29, 1.82) is 0 Å². The molecule has 1 N–H and O–H groups in total. The average Bonchev–Trinajstić information content (AvgIpc) is 3.09. The van der Waals surface area contributed by atoms with Crippen LogP contribution in [0.15, 0.2) is 30.3 Å². The third-order valence-electron chi connectivity index (χ3n) is 5.18. The summed E-state index contributed by atoms with van der Waals surface area (Å²) in [7, 11) is 1.40. The quantitative estimate of drug-likeness (QED) is 0.325. The summed E-state index contributed by atoms with van der Waals surface area (Å²) in [5.41, 5.74) is 6.54. The van der Waals surface area contributed by atoms with Crippen molar-refractivity contribution in [3.63, 3.8) is 0 Å². The smallest absolute Gasteiger partial charge is 0.310 e. The fourth-order valence-electron chi connectivity index (χ4n) is 3.72. The molecule has 3 aromatic rings. The van der Waals surface area contributed by atoms with Gasteiger partial charge in [-0.3, -0.25) is 4.79 Å². The monoisotopic (exact) mass is 487 g/mol. The molecule has 0 bridgehead atoms. The second kappa shape index (κ2) is 12.7. The number of fused-ring (bicyclic) bond motifs is 1. The summed E-state index contributed by atoms with van der Waals surface area (Å²) in [4.78, 5) is 23.3. The molecule has 0 atom stereocenters. The molecule has 0 saturated heterocycles. The first-order valence-corrected chi connectivity index (χ1v) is 11.9. The molecule has 0 saturated carbocycles. The second-order valence-electron chi connectivity index (χ2n) is 8.86. The highest BCUT2D eigenvalue weighted by Gasteiger charge is 2.22. The van der Waals surface area contributed by atoms with Gasteiger partial charge in [0.05, 0.1) is 31.2 Å². The van der Waals surface area contributed by atoms with E-state index in [-0.39, 0.29) is 12.4 Å². The zero-order valence-corrected chi connectivity index (χ0v) is 22.6. The van der Waals surface area contributed by atoms with Gasteiger partial charge < -0.3 is 19.2 Å². The minimum absolute atomic E-state index is 0.189. The van der Waals surface area contributed by atoms with Crippen molar-refractivity contribution >= 4 is 34.8 Å². The van der Waals surface area contributed by atoms with Crippen LogP contribution in [-0.4, -0.2) is 34.6 Å². The number of aldehydes is 1. The number of aliphatic hydroxyl groups is 1. The Kier molecular flexibility index (Phi) is 11.0. The van der Waals surface area contributed by atoms with Crippen LogP contribution >= 0.6 is 11.6 Å². The van der Waals surface area contributed by atoms with Gasteiger partial charge in [-0.05, 0) is 87.6 Å². The molecular weight excluding hydrogens is 450 g/mol. The number of aromatic nitrogens is 1. The van der Waals surface area contributed by atoms with Crippen molar-refractivity contribution in [3.05, 3.63) is 57.7 Å². The van der Waals surface area contributed by atoms with Gasteiger partial charge in [0.2, 0.25) is 0 Å². The Hall–Kier alpha value is -2.63. The molecule has 0 radical (unpaired) electrons. The third-order valence-corrected chi connectivity index (χ3v) is 5.44. The Balaban J connectivity index is 0.000000733. The molecule has 3 rings (SSSR count). The third kappa shape index (κ3) is 7.44. The largest absolute Gasteiger partial charge is 0.469 e. The summed E-state index contributed by atoms with van der Waals surface area (Å²) in [6, 6.07) is 9.68. The maximum Gasteiger partial charge on any atom is 0.310 e. The molecule has 0 amide bonds. The fraction of sp³-hybridized carbons (Fsp3) is 0.429. The lowest BCUT2D eigenvalue weighted by Crippen LogP contribution is -2.10. The first kappa shape index (κ1) is 29.4. The van der Waals surface area contributed by atoms with Crippen molar-refractivity contribution in [2.45, 2.75) is 74.0 Å². The first-order chi connectivity index (χ1) is 15.9. The number of aryl methyl sites for hydroxylation is 2. The molecular formula is C28H38ClNO4. The van der Waals surface area contributed by atoms with Gasteiger partial charge in [-0.15, -0.1) is 0 Å². The Morgan fingerprint density at radius 1 is 1.09 bits per heavy atom. The minimum Gasteiger partial charge on any atom is -0.469 e. The van der Waals surface area contributed by atoms with Gasteiger partial charge in [0.25, 0.3) is 0 Å². The van der Waals surface area contributed by atoms with Crippen LogP contribution in [-0.2, 0) is 27.3 Å². The van der Waals surface area contributed by atoms with Gasteiger partial charge in [-0.25, -0.2) is 0 Å². The van der Waals surface area contributed by atoms with E-state index in [4.69, 9.17) is 21.4 Å². The average molecular weight is 488 g/mol. The zero-order chi connectivity index (χ0) is 26.2. The van der Waals surface area contributed by atoms with Crippen LogP contribution in [0.25, 0.3) is 22.0 Å². The second-order valence-corrected chi connectivity index (χ2v) is 9.30. The van der Waals surface area contributed by atoms with E-state index in [9.17, 15) is 9.59 Å². The fourth-order valence-corrected chi connectivity index (χ4v) is 3.85. The van der Waals surface area contributed by atoms with E-state index in [1.54, 1.807) is 20.8 Å². The van der Waals surface area contributed by atoms with Gasteiger partial charge >= 0.3 is 5.97 Å². The molecule has 0 unspecified atom stereocenters. The number of rotatable bonds is 5. The number of methoxy groups -OCH3 is 1. The number of nitrogens with zero attached hydrogens (tertiary/aromatic N) is 1. The molecule has 6 heteroatoms. The van der Waals surface area contributed by atoms with E-state index in [0.29, 0.717) is 11.6 Å². The van der Waals surface area contributed by atoms with Crippen molar-refractivity contribution in [2.24, 2.45) is 0 Å². The Morgan fingerprint density at radius 3 is 2.09 bits per heavy atom. The Morgan fingerprint density at radius 2 is 1.62 bits per heavy atom. The van der Waals surface area contributed by atoms with Crippen LogP contribution in [0, 0.1) is 20.8 Å². The van der Waals surface area contributed by atoms with Gasteiger partial charge in [-0.2, -0.15) is 0 Å². The molecule has 1 aromatic heterocycles. The van der Waals surface area contributed by atoms with Crippen LogP contribution in [0.1, 0.15) is 57.0 Å². The lowest BCUT2D eigenvalue weighted by molar-refractivity contribution is -0.139. The number of carbonyl (C=O) groups is 2. The van der Waals surface area contributed by atoms with Crippen molar-refractivity contribution in [2.75, 3.05) is 7.11 Å². The SMILES string of the molecule is CC.CC(C)(C)O.COC(=O)Cc1c(C)c(C)c2c(cc(C)n2CC=O)c1-c1ccc(Cl)cc1. The topological polar surface area (TPSA) is 68.5 Å². The van der Waals surface area contributed by atoms with E-state index in [2.05, 4.69) is 6.07 Å². The lowest BCUT2D eigenvalue weighted by Gasteiger charge is -2.18. The van der Waals surface area contributed by atoms with Gasteiger partial charge in [0.15, 0.2) is 0 Å². The number of ether oxygens (including phenoxy) is 1. The number of benzene rings is 2. The molecule has 0 aliphatic carbocycles. The molecule has 0 spiro atoms. The van der Waals surface area contributed by atoms with Crippen molar-refractivity contribution in [3.8, 4) is 11.1 Å². The maximum absolute atomic E-state index is 12.1. The van der Waals surface area contributed by atoms with Crippen molar-refractivity contribution in [1.82, 2.24) is 4.57 Å². The first-order valence-electron chi connectivity index (χ1n) is 11.5. The van der Waals surface area contributed by atoms with Gasteiger partial charge in [-0.1, -0.05) is 37.6 Å². The van der Waals surface area contributed by atoms with Crippen LogP contribution < -0.4 is 0 Å². The molecule has 0 aliphatic heterocycles. The van der Waals surface area contributed by atoms with E-state index in [1.807, 2.05) is 63.5 Å². The predicted octanol–water partition coefficient (Wildman–Crippen LogP) is 6.60. The number of carbonyl (C=O) groups excluding carboxylic acids is 2. The van der Waals surface area contributed by atoms with Gasteiger partial charge in [0, 0.05) is 16.1 Å². The van der Waals surface area contributed by atoms with Crippen LogP contribution in [0.3, 0.4) is 0 Å². The van der Waals surface area contributed by atoms with Crippen LogP contribution in [0.4, 0.5) is 0 Å². The highest BCUT2D eigenvalue weighted by atomic mass is 35.5. The molecule has 0 fully saturated rings. The molecule has 0 aliphatic rings. The van der Waals surface area contributed by atoms with E-state index >= 15 is 0 Å². The molecule has 1 heterocycles. The van der Waals surface area contributed by atoms with Crippen LogP contribution in [0.2, 0.25) is 5.02 Å². The normalized spacial score (nSPS) is 10.7. The van der Waals surface area contributed by atoms with Gasteiger partial charge in [0.1, 0.15) is 6.29 Å². The standard InChI is InChI=1S/C22H22ClNO3.C4H10O.C2H6/c1-13-11-19-21(16-5-7-17(23)8-6-16)18(12-20(26)27-4)14(2)15(3)22(19)24(13)9-10-25;1-4(2,3)5;1-2/h5-8,10-11H,9,12H2,1-4H3;5H,1-3H3;1-2H3. The molecule has 186 valence electrons. The number of esters is 1. The highest BCUT2D eigenvalue weighted by molar-refractivity contribution is 6.30.